The van der Waals surface area contributed by atoms with Crippen LogP contribution in [0.25, 0.3) is 11.1 Å². The van der Waals surface area contributed by atoms with Crippen LogP contribution in [0.5, 0.6) is 0 Å². The molecular formula is C19H17NO4. The van der Waals surface area contributed by atoms with E-state index in [9.17, 15) is 14.4 Å². The molecule has 2 aromatic carbocycles. The molecule has 1 amide bonds. The molecule has 0 aliphatic heterocycles. The van der Waals surface area contributed by atoms with Crippen molar-refractivity contribution in [2.75, 3.05) is 19.7 Å². The maximum absolute atomic E-state index is 12.1. The number of fused-ring (bicyclic) bond motifs is 3. The summed E-state index contributed by atoms with van der Waals surface area (Å²) in [7, 11) is 0. The number of amides is 1. The quantitative estimate of drug-likeness (QED) is 0.767. The number of benzene rings is 2. The molecule has 2 aromatic rings. The molecule has 0 saturated carbocycles. The smallest absolute Gasteiger partial charge is 0.410 e. The number of hydrogen-bond donors (Lipinski definition) is 0. The fourth-order valence-electron chi connectivity index (χ4n) is 3.09. The Hall–Kier alpha value is -2.95. The van der Waals surface area contributed by atoms with Crippen molar-refractivity contribution in [2.24, 2.45) is 0 Å². The lowest BCUT2D eigenvalue weighted by atomic mass is 9.98. The summed E-state index contributed by atoms with van der Waals surface area (Å²) in [5, 5.41) is 0. The van der Waals surface area contributed by atoms with Gasteiger partial charge in [-0.3, -0.25) is 4.90 Å². The van der Waals surface area contributed by atoms with Gasteiger partial charge in [0.25, 0.3) is 0 Å². The maximum atomic E-state index is 12.1. The maximum Gasteiger partial charge on any atom is 0.410 e. The first-order valence-electron chi connectivity index (χ1n) is 7.73. The van der Waals surface area contributed by atoms with Crippen LogP contribution in [0.15, 0.2) is 48.5 Å². The van der Waals surface area contributed by atoms with E-state index in [0.29, 0.717) is 12.6 Å². The molecule has 0 radical (unpaired) electrons. The minimum absolute atomic E-state index is 0.0457. The summed E-state index contributed by atoms with van der Waals surface area (Å²) >= 11 is 0. The van der Waals surface area contributed by atoms with E-state index >= 15 is 0 Å². The van der Waals surface area contributed by atoms with Gasteiger partial charge >= 0.3 is 6.09 Å². The van der Waals surface area contributed by atoms with Crippen molar-refractivity contribution < 1.29 is 19.1 Å². The number of carbonyl (C=O) groups excluding carboxylic acids is 3. The van der Waals surface area contributed by atoms with Gasteiger partial charge in [0.05, 0.1) is 13.1 Å². The van der Waals surface area contributed by atoms with Gasteiger partial charge in [0.1, 0.15) is 19.2 Å². The van der Waals surface area contributed by atoms with Gasteiger partial charge < -0.3 is 14.3 Å². The Morgan fingerprint density at radius 3 is 1.92 bits per heavy atom. The van der Waals surface area contributed by atoms with Gasteiger partial charge in [-0.25, -0.2) is 4.79 Å². The number of rotatable bonds is 6. The largest absolute Gasteiger partial charge is 0.448 e. The lowest BCUT2D eigenvalue weighted by Gasteiger charge is -2.19. The van der Waals surface area contributed by atoms with Crippen molar-refractivity contribution in [1.29, 1.82) is 0 Å². The third-order valence-corrected chi connectivity index (χ3v) is 4.18. The highest BCUT2D eigenvalue weighted by molar-refractivity contribution is 5.79. The van der Waals surface area contributed by atoms with Gasteiger partial charge in [-0.1, -0.05) is 48.5 Å². The number of ether oxygens (including phenoxy) is 1. The average molecular weight is 323 g/mol. The van der Waals surface area contributed by atoms with Crippen LogP contribution in [0.2, 0.25) is 0 Å². The highest BCUT2D eigenvalue weighted by Crippen LogP contribution is 2.44. The van der Waals surface area contributed by atoms with E-state index in [1.54, 1.807) is 0 Å². The lowest BCUT2D eigenvalue weighted by Crippen LogP contribution is -2.35. The van der Waals surface area contributed by atoms with Gasteiger partial charge in [-0.15, -0.1) is 0 Å². The summed E-state index contributed by atoms with van der Waals surface area (Å²) in [4.78, 5) is 34.4. The predicted molar refractivity (Wildman–Crippen MR) is 88.8 cm³/mol. The summed E-state index contributed by atoms with van der Waals surface area (Å²) in [6.45, 7) is -0.147. The van der Waals surface area contributed by atoms with Crippen LogP contribution < -0.4 is 0 Å². The monoisotopic (exact) mass is 323 g/mol. The molecule has 5 nitrogen and oxygen atoms in total. The lowest BCUT2D eigenvalue weighted by molar-refractivity contribution is -0.110. The highest BCUT2D eigenvalue weighted by Gasteiger charge is 2.29. The first-order chi connectivity index (χ1) is 11.8. The third-order valence-electron chi connectivity index (χ3n) is 4.18. The van der Waals surface area contributed by atoms with Crippen molar-refractivity contribution in [3.05, 3.63) is 59.7 Å². The van der Waals surface area contributed by atoms with Crippen LogP contribution in [0.3, 0.4) is 0 Å². The van der Waals surface area contributed by atoms with E-state index in [1.807, 2.05) is 36.4 Å². The Labute approximate surface area is 139 Å². The zero-order chi connectivity index (χ0) is 16.9. The Morgan fingerprint density at radius 2 is 1.42 bits per heavy atom. The van der Waals surface area contributed by atoms with E-state index < -0.39 is 6.09 Å². The molecule has 1 aliphatic carbocycles. The minimum Gasteiger partial charge on any atom is -0.448 e. The summed E-state index contributed by atoms with van der Waals surface area (Å²) in [5.41, 5.74) is 4.52. The fourth-order valence-corrected chi connectivity index (χ4v) is 3.09. The fraction of sp³-hybridized carbons (Fsp3) is 0.211. The average Bonchev–Trinajstić information content (AvgIpc) is 2.93. The summed E-state index contributed by atoms with van der Waals surface area (Å²) < 4.78 is 5.38. The minimum atomic E-state index is -0.656. The van der Waals surface area contributed by atoms with Crippen LogP contribution in [-0.4, -0.2) is 43.3 Å². The van der Waals surface area contributed by atoms with E-state index in [-0.39, 0.29) is 25.6 Å². The van der Waals surface area contributed by atoms with Crippen LogP contribution in [-0.2, 0) is 14.3 Å². The number of hydrogen-bond acceptors (Lipinski definition) is 4. The molecule has 0 bridgehead atoms. The van der Waals surface area contributed by atoms with E-state index in [1.165, 1.54) is 0 Å². The van der Waals surface area contributed by atoms with Crippen LogP contribution in [0.4, 0.5) is 4.79 Å². The molecule has 0 unspecified atom stereocenters. The second kappa shape index (κ2) is 7.08. The summed E-state index contributed by atoms with van der Waals surface area (Å²) in [6.07, 6.45) is 0.492. The van der Waals surface area contributed by atoms with Crippen molar-refractivity contribution in [3.8, 4) is 11.1 Å². The zero-order valence-corrected chi connectivity index (χ0v) is 13.1. The molecule has 24 heavy (non-hydrogen) atoms. The van der Waals surface area contributed by atoms with Gasteiger partial charge in [0.15, 0.2) is 0 Å². The van der Waals surface area contributed by atoms with E-state index in [4.69, 9.17) is 4.74 Å². The van der Waals surface area contributed by atoms with Crippen LogP contribution >= 0.6 is 0 Å². The second-order valence-corrected chi connectivity index (χ2v) is 5.54. The molecule has 0 N–H and O–H groups in total. The first kappa shape index (κ1) is 15.9. The SMILES string of the molecule is O=CCN(CC=O)C(=O)OCC1c2ccccc2-c2ccccc21. The van der Waals surface area contributed by atoms with Crippen molar-refractivity contribution in [1.82, 2.24) is 4.90 Å². The highest BCUT2D eigenvalue weighted by atomic mass is 16.6. The van der Waals surface area contributed by atoms with Gasteiger partial charge in [-0.2, -0.15) is 0 Å². The normalized spacial score (nSPS) is 12.2. The molecule has 0 aromatic heterocycles. The zero-order valence-electron chi connectivity index (χ0n) is 13.1. The van der Waals surface area contributed by atoms with Crippen molar-refractivity contribution >= 4 is 18.7 Å². The molecule has 5 heteroatoms. The van der Waals surface area contributed by atoms with E-state index in [0.717, 1.165) is 27.2 Å². The molecule has 0 atom stereocenters. The Morgan fingerprint density at radius 1 is 0.917 bits per heavy atom. The molecular weight excluding hydrogens is 306 g/mol. The Bertz CT molecular complexity index is 716. The van der Waals surface area contributed by atoms with Crippen molar-refractivity contribution in [3.63, 3.8) is 0 Å². The number of carbonyl (C=O) groups is 3. The van der Waals surface area contributed by atoms with Gasteiger partial charge in [0, 0.05) is 5.92 Å². The Kier molecular flexibility index (Phi) is 4.70. The van der Waals surface area contributed by atoms with Gasteiger partial charge in [-0.05, 0) is 22.3 Å². The topological polar surface area (TPSA) is 63.7 Å². The summed E-state index contributed by atoms with van der Waals surface area (Å²) in [6, 6.07) is 16.1. The molecule has 1 aliphatic rings. The first-order valence-corrected chi connectivity index (χ1v) is 7.73. The molecule has 0 spiro atoms. The standard InChI is InChI=1S/C19H17NO4/c21-11-9-20(10-12-22)19(23)24-13-18-16-7-3-1-5-14(16)15-6-2-4-8-17(15)18/h1-8,11-12,18H,9-10,13H2. The Balaban J connectivity index is 1.79. The van der Waals surface area contributed by atoms with Crippen molar-refractivity contribution in [2.45, 2.75) is 5.92 Å². The van der Waals surface area contributed by atoms with Crippen LogP contribution in [0, 0.1) is 0 Å². The molecule has 0 saturated heterocycles. The van der Waals surface area contributed by atoms with Crippen LogP contribution in [0.1, 0.15) is 17.0 Å². The number of nitrogens with zero attached hydrogens (tertiary/aromatic N) is 1. The number of aldehydes is 2. The molecule has 122 valence electrons. The molecule has 0 fully saturated rings. The molecule has 3 rings (SSSR count). The van der Waals surface area contributed by atoms with E-state index in [2.05, 4.69) is 12.1 Å². The predicted octanol–water partition coefficient (Wildman–Crippen LogP) is 2.64. The molecule has 0 heterocycles. The summed E-state index contributed by atoms with van der Waals surface area (Å²) in [5.74, 6) is -0.0457. The third kappa shape index (κ3) is 2.93. The van der Waals surface area contributed by atoms with Gasteiger partial charge in [0.2, 0.25) is 0 Å². The second-order valence-electron chi connectivity index (χ2n) is 5.54.